The number of piperidine rings is 1. The Labute approximate surface area is 171 Å². The standard InChI is InChI=1S/C19H17Cl2N5O2/c1-10-4-6-25(7-5-10)17-14(16(21)24-19-22-9-23-26(17)19)12-3-2-11-13(15(12)20)8-28-18(11)27/h2-3,9-10H,4-8H2,1H3. The van der Waals surface area contributed by atoms with Crippen molar-refractivity contribution in [2.24, 2.45) is 5.92 Å². The lowest BCUT2D eigenvalue weighted by Crippen LogP contribution is -2.34. The number of ether oxygens (including phenoxy) is 1. The van der Waals surface area contributed by atoms with Gasteiger partial charge in [0.1, 0.15) is 23.9 Å². The van der Waals surface area contributed by atoms with Crippen molar-refractivity contribution in [2.75, 3.05) is 18.0 Å². The second-order valence-corrected chi connectivity index (χ2v) is 8.01. The molecule has 5 rings (SSSR count). The first-order valence-corrected chi connectivity index (χ1v) is 9.93. The molecule has 2 aliphatic heterocycles. The topological polar surface area (TPSA) is 72.6 Å². The SMILES string of the molecule is CC1CCN(c2c(-c3ccc4c(c3Cl)COC4=O)c(Cl)nc3ncnn23)CC1. The van der Waals surface area contributed by atoms with Crippen molar-refractivity contribution in [2.45, 2.75) is 26.4 Å². The summed E-state index contributed by atoms with van der Waals surface area (Å²) in [5.41, 5.74) is 2.58. The van der Waals surface area contributed by atoms with Crippen molar-refractivity contribution in [3.8, 4) is 11.1 Å². The Morgan fingerprint density at radius 3 is 2.71 bits per heavy atom. The summed E-state index contributed by atoms with van der Waals surface area (Å²) >= 11 is 13.3. The molecule has 2 aromatic heterocycles. The molecule has 1 aromatic carbocycles. The second-order valence-electron chi connectivity index (χ2n) is 7.27. The van der Waals surface area contributed by atoms with Gasteiger partial charge in [-0.15, -0.1) is 0 Å². The number of fused-ring (bicyclic) bond motifs is 2. The molecule has 0 unspecified atom stereocenters. The molecule has 0 aliphatic carbocycles. The van der Waals surface area contributed by atoms with E-state index < -0.39 is 0 Å². The molecular weight excluding hydrogens is 401 g/mol. The number of aromatic nitrogens is 4. The van der Waals surface area contributed by atoms with Gasteiger partial charge in [0.25, 0.3) is 5.78 Å². The van der Waals surface area contributed by atoms with Gasteiger partial charge < -0.3 is 9.64 Å². The minimum atomic E-state index is -0.357. The van der Waals surface area contributed by atoms with E-state index in [1.165, 1.54) is 6.33 Å². The van der Waals surface area contributed by atoms with Crippen molar-refractivity contribution < 1.29 is 9.53 Å². The number of benzene rings is 1. The summed E-state index contributed by atoms with van der Waals surface area (Å²) in [6.45, 7) is 4.19. The number of cyclic esters (lactones) is 1. The fourth-order valence-corrected chi connectivity index (χ4v) is 4.48. The minimum Gasteiger partial charge on any atom is -0.457 e. The zero-order valence-electron chi connectivity index (χ0n) is 15.2. The average molecular weight is 418 g/mol. The molecule has 0 saturated carbocycles. The molecule has 2 aliphatic rings. The van der Waals surface area contributed by atoms with Crippen LogP contribution in [-0.2, 0) is 11.3 Å². The van der Waals surface area contributed by atoms with Crippen molar-refractivity contribution in [1.82, 2.24) is 19.6 Å². The van der Waals surface area contributed by atoms with Crippen LogP contribution >= 0.6 is 23.2 Å². The van der Waals surface area contributed by atoms with Crippen LogP contribution < -0.4 is 4.90 Å². The third-order valence-electron chi connectivity index (χ3n) is 5.52. The summed E-state index contributed by atoms with van der Waals surface area (Å²) in [5.74, 6) is 1.59. The van der Waals surface area contributed by atoms with E-state index in [0.717, 1.165) is 31.7 Å². The molecule has 0 amide bonds. The number of carbonyl (C=O) groups excluding carboxylic acids is 1. The summed E-state index contributed by atoms with van der Waals surface area (Å²) < 4.78 is 6.84. The van der Waals surface area contributed by atoms with E-state index in [9.17, 15) is 4.79 Å². The Kier molecular flexibility index (Phi) is 4.17. The number of anilines is 1. The predicted molar refractivity (Wildman–Crippen MR) is 106 cm³/mol. The van der Waals surface area contributed by atoms with Crippen LogP contribution in [0.15, 0.2) is 18.5 Å². The first kappa shape index (κ1) is 17.7. The van der Waals surface area contributed by atoms with E-state index in [2.05, 4.69) is 26.9 Å². The molecule has 1 fully saturated rings. The lowest BCUT2D eigenvalue weighted by Gasteiger charge is -2.33. The van der Waals surface area contributed by atoms with Crippen molar-refractivity contribution in [3.63, 3.8) is 0 Å². The number of rotatable bonds is 2. The van der Waals surface area contributed by atoms with Gasteiger partial charge in [0.05, 0.1) is 16.1 Å². The molecule has 1 saturated heterocycles. The van der Waals surface area contributed by atoms with E-state index in [-0.39, 0.29) is 12.6 Å². The number of nitrogens with zero attached hydrogens (tertiary/aromatic N) is 5. The average Bonchev–Trinajstić information content (AvgIpc) is 3.29. The van der Waals surface area contributed by atoms with E-state index >= 15 is 0 Å². The summed E-state index contributed by atoms with van der Waals surface area (Å²) in [6.07, 6.45) is 3.63. The van der Waals surface area contributed by atoms with E-state index in [0.29, 0.717) is 44.1 Å². The largest absolute Gasteiger partial charge is 0.457 e. The molecule has 28 heavy (non-hydrogen) atoms. The molecule has 0 bridgehead atoms. The zero-order chi connectivity index (χ0) is 19.4. The molecule has 7 nitrogen and oxygen atoms in total. The smallest absolute Gasteiger partial charge is 0.338 e. The highest BCUT2D eigenvalue weighted by atomic mass is 35.5. The lowest BCUT2D eigenvalue weighted by atomic mass is 9.97. The van der Waals surface area contributed by atoms with Crippen molar-refractivity contribution in [3.05, 3.63) is 39.8 Å². The highest BCUT2D eigenvalue weighted by Gasteiger charge is 2.30. The third-order valence-corrected chi connectivity index (χ3v) is 6.23. The van der Waals surface area contributed by atoms with Crippen LogP contribution in [0.4, 0.5) is 5.82 Å². The van der Waals surface area contributed by atoms with Crippen LogP contribution in [0.1, 0.15) is 35.7 Å². The highest BCUT2D eigenvalue weighted by Crippen LogP contribution is 2.43. The first-order valence-electron chi connectivity index (χ1n) is 9.17. The number of halogens is 2. The Bertz CT molecular complexity index is 1110. The number of esters is 1. The molecule has 0 N–H and O–H groups in total. The van der Waals surface area contributed by atoms with Gasteiger partial charge in [0.15, 0.2) is 0 Å². The predicted octanol–water partition coefficient (Wildman–Crippen LogP) is 4.00. The van der Waals surface area contributed by atoms with Gasteiger partial charge in [0, 0.05) is 24.2 Å². The van der Waals surface area contributed by atoms with Gasteiger partial charge in [-0.25, -0.2) is 4.79 Å². The maximum Gasteiger partial charge on any atom is 0.338 e. The van der Waals surface area contributed by atoms with Crippen LogP contribution in [0.5, 0.6) is 0 Å². The third kappa shape index (κ3) is 2.64. The maximum absolute atomic E-state index is 11.9. The zero-order valence-corrected chi connectivity index (χ0v) is 16.7. The number of hydrogen-bond donors (Lipinski definition) is 0. The summed E-state index contributed by atoms with van der Waals surface area (Å²) in [5, 5.41) is 5.14. The minimum absolute atomic E-state index is 0.161. The maximum atomic E-state index is 11.9. The number of hydrogen-bond acceptors (Lipinski definition) is 6. The second kappa shape index (κ2) is 6.60. The Balaban J connectivity index is 1.75. The van der Waals surface area contributed by atoms with Crippen LogP contribution in [0.2, 0.25) is 10.2 Å². The Morgan fingerprint density at radius 1 is 1.18 bits per heavy atom. The van der Waals surface area contributed by atoms with Gasteiger partial charge in [-0.3, -0.25) is 0 Å². The molecule has 0 atom stereocenters. The van der Waals surface area contributed by atoms with Gasteiger partial charge in [-0.1, -0.05) is 36.2 Å². The summed E-state index contributed by atoms with van der Waals surface area (Å²) in [7, 11) is 0. The van der Waals surface area contributed by atoms with Crippen molar-refractivity contribution in [1.29, 1.82) is 0 Å². The first-order chi connectivity index (χ1) is 13.5. The molecule has 3 aromatic rings. The molecule has 144 valence electrons. The van der Waals surface area contributed by atoms with E-state index in [4.69, 9.17) is 27.9 Å². The van der Waals surface area contributed by atoms with Gasteiger partial charge in [0.2, 0.25) is 0 Å². The quantitative estimate of drug-likeness (QED) is 0.463. The monoisotopic (exact) mass is 417 g/mol. The Morgan fingerprint density at radius 2 is 1.93 bits per heavy atom. The lowest BCUT2D eigenvalue weighted by molar-refractivity contribution is 0.0535. The Hall–Kier alpha value is -2.38. The van der Waals surface area contributed by atoms with Crippen molar-refractivity contribution >= 4 is 40.8 Å². The highest BCUT2D eigenvalue weighted by molar-refractivity contribution is 6.37. The van der Waals surface area contributed by atoms with Gasteiger partial charge >= 0.3 is 5.97 Å². The van der Waals surface area contributed by atoms with E-state index in [1.807, 2.05) is 0 Å². The van der Waals surface area contributed by atoms with Gasteiger partial charge in [-0.2, -0.15) is 19.6 Å². The van der Waals surface area contributed by atoms with Crippen LogP contribution in [-0.4, -0.2) is 38.6 Å². The summed E-state index contributed by atoms with van der Waals surface area (Å²) in [6, 6.07) is 3.53. The van der Waals surface area contributed by atoms with Gasteiger partial charge in [-0.05, 0) is 24.8 Å². The normalized spacial score (nSPS) is 17.2. The van der Waals surface area contributed by atoms with Crippen LogP contribution in [0.25, 0.3) is 16.9 Å². The molecule has 0 spiro atoms. The van der Waals surface area contributed by atoms with E-state index in [1.54, 1.807) is 16.6 Å². The fraction of sp³-hybridized carbons (Fsp3) is 0.368. The molecule has 9 heteroatoms. The van der Waals surface area contributed by atoms with Crippen LogP contribution in [0.3, 0.4) is 0 Å². The van der Waals surface area contributed by atoms with Crippen LogP contribution in [0, 0.1) is 5.92 Å². The summed E-state index contributed by atoms with van der Waals surface area (Å²) in [4.78, 5) is 22.7. The molecule has 4 heterocycles. The molecular formula is C19H17Cl2N5O2. The fourth-order valence-electron chi connectivity index (χ4n) is 3.91. The number of carbonyl (C=O) groups is 1. The molecule has 0 radical (unpaired) electrons.